The summed E-state index contributed by atoms with van der Waals surface area (Å²) < 4.78 is 5.43. The van der Waals surface area contributed by atoms with Crippen LogP contribution in [0.4, 0.5) is 0 Å². The van der Waals surface area contributed by atoms with Crippen molar-refractivity contribution >= 4 is 0 Å². The van der Waals surface area contributed by atoms with E-state index in [4.69, 9.17) is 4.52 Å². The van der Waals surface area contributed by atoms with E-state index in [9.17, 15) is 0 Å². The minimum Gasteiger partial charge on any atom is -0.356 e. The van der Waals surface area contributed by atoms with Crippen molar-refractivity contribution in [3.8, 4) is 11.3 Å². The van der Waals surface area contributed by atoms with Gasteiger partial charge in [0.05, 0.1) is 5.69 Å². The van der Waals surface area contributed by atoms with Crippen LogP contribution in [0, 0.1) is 0 Å². The van der Waals surface area contributed by atoms with Crippen molar-refractivity contribution in [2.75, 3.05) is 0 Å². The molecule has 1 aliphatic rings. The van der Waals surface area contributed by atoms with Gasteiger partial charge in [0.25, 0.3) is 0 Å². The number of nitrogens with zero attached hydrogens (tertiary/aromatic N) is 1. The third-order valence-electron chi connectivity index (χ3n) is 4.04. The summed E-state index contributed by atoms with van der Waals surface area (Å²) in [6.07, 6.45) is 8.07. The third kappa shape index (κ3) is 3.48. The van der Waals surface area contributed by atoms with Gasteiger partial charge in [-0.15, -0.1) is 0 Å². The molecule has 20 heavy (non-hydrogen) atoms. The van der Waals surface area contributed by atoms with E-state index in [-0.39, 0.29) is 0 Å². The predicted molar refractivity (Wildman–Crippen MR) is 80.3 cm³/mol. The van der Waals surface area contributed by atoms with Crippen molar-refractivity contribution in [1.29, 1.82) is 0 Å². The van der Waals surface area contributed by atoms with Gasteiger partial charge in [0.2, 0.25) is 0 Å². The molecule has 1 heterocycles. The minimum atomic E-state index is 0.648. The fraction of sp³-hybridized carbons (Fsp3) is 0.471. The van der Waals surface area contributed by atoms with E-state index in [2.05, 4.69) is 10.5 Å². The average Bonchev–Trinajstić information content (AvgIpc) is 2.82. The largest absolute Gasteiger partial charge is 0.356 e. The van der Waals surface area contributed by atoms with Gasteiger partial charge in [0.15, 0.2) is 5.76 Å². The Hall–Kier alpha value is -1.61. The van der Waals surface area contributed by atoms with E-state index in [0.29, 0.717) is 6.04 Å². The van der Waals surface area contributed by atoms with Gasteiger partial charge in [-0.25, -0.2) is 0 Å². The monoisotopic (exact) mass is 270 g/mol. The SMILES string of the molecule is c1ccc(-c2cc(CNC3CCCCCC3)no2)cc1. The molecule has 0 amide bonds. The molecule has 3 heteroatoms. The Morgan fingerprint density at radius 2 is 1.80 bits per heavy atom. The molecule has 0 saturated heterocycles. The van der Waals surface area contributed by atoms with E-state index in [1.54, 1.807) is 0 Å². The van der Waals surface area contributed by atoms with Gasteiger partial charge in [-0.05, 0) is 12.8 Å². The topological polar surface area (TPSA) is 38.1 Å². The average molecular weight is 270 g/mol. The number of aromatic nitrogens is 1. The Morgan fingerprint density at radius 1 is 1.05 bits per heavy atom. The van der Waals surface area contributed by atoms with E-state index in [0.717, 1.165) is 23.6 Å². The smallest absolute Gasteiger partial charge is 0.167 e. The minimum absolute atomic E-state index is 0.648. The first-order chi connectivity index (χ1) is 9.92. The Bertz CT molecular complexity index is 513. The van der Waals surface area contributed by atoms with Gasteiger partial charge < -0.3 is 9.84 Å². The Kier molecular flexibility index (Phi) is 4.49. The molecule has 0 bridgehead atoms. The number of hydrogen-bond donors (Lipinski definition) is 1. The lowest BCUT2D eigenvalue weighted by molar-refractivity contribution is 0.407. The van der Waals surface area contributed by atoms with E-state index < -0.39 is 0 Å². The summed E-state index contributed by atoms with van der Waals surface area (Å²) in [5, 5.41) is 7.78. The second-order valence-corrected chi connectivity index (χ2v) is 5.62. The molecule has 0 unspecified atom stereocenters. The highest BCUT2D eigenvalue weighted by Gasteiger charge is 2.13. The Morgan fingerprint density at radius 3 is 2.55 bits per heavy atom. The zero-order valence-corrected chi connectivity index (χ0v) is 11.8. The van der Waals surface area contributed by atoms with Gasteiger partial charge in [0.1, 0.15) is 0 Å². The lowest BCUT2D eigenvalue weighted by atomic mass is 10.1. The molecule has 106 valence electrons. The molecule has 1 aliphatic carbocycles. The second-order valence-electron chi connectivity index (χ2n) is 5.62. The maximum absolute atomic E-state index is 5.43. The molecule has 3 nitrogen and oxygen atoms in total. The summed E-state index contributed by atoms with van der Waals surface area (Å²) in [6, 6.07) is 12.8. The van der Waals surface area contributed by atoms with Crippen LogP contribution in [0.15, 0.2) is 40.9 Å². The van der Waals surface area contributed by atoms with Crippen LogP contribution in [0.1, 0.15) is 44.2 Å². The first kappa shape index (κ1) is 13.4. The lowest BCUT2D eigenvalue weighted by Gasteiger charge is -2.14. The van der Waals surface area contributed by atoms with Crippen LogP contribution in [-0.2, 0) is 6.54 Å². The van der Waals surface area contributed by atoms with Crippen LogP contribution in [0.3, 0.4) is 0 Å². The standard InChI is InChI=1S/C17H22N2O/c1-2-7-11-15(10-6-1)18-13-16-12-17(20-19-16)14-8-4-3-5-9-14/h3-5,8-9,12,15,18H,1-2,6-7,10-11,13H2. The lowest BCUT2D eigenvalue weighted by Crippen LogP contribution is -2.27. The van der Waals surface area contributed by atoms with Gasteiger partial charge in [-0.3, -0.25) is 0 Å². The zero-order chi connectivity index (χ0) is 13.6. The second kappa shape index (κ2) is 6.71. The van der Waals surface area contributed by atoms with Gasteiger partial charge >= 0.3 is 0 Å². The molecule has 0 atom stereocenters. The third-order valence-corrected chi connectivity index (χ3v) is 4.04. The highest BCUT2D eigenvalue weighted by atomic mass is 16.5. The van der Waals surface area contributed by atoms with Crippen LogP contribution in [0.2, 0.25) is 0 Å². The van der Waals surface area contributed by atoms with Gasteiger partial charge in [-0.1, -0.05) is 61.2 Å². The summed E-state index contributed by atoms with van der Waals surface area (Å²) in [7, 11) is 0. The molecule has 1 fully saturated rings. The summed E-state index contributed by atoms with van der Waals surface area (Å²) in [5.41, 5.74) is 2.08. The van der Waals surface area contributed by atoms with Crippen molar-refractivity contribution in [3.05, 3.63) is 42.1 Å². The quantitative estimate of drug-likeness (QED) is 0.848. The fourth-order valence-electron chi connectivity index (χ4n) is 2.87. The van der Waals surface area contributed by atoms with E-state index >= 15 is 0 Å². The molecule has 0 aliphatic heterocycles. The molecule has 1 aromatic heterocycles. The van der Waals surface area contributed by atoms with Gasteiger partial charge in [0, 0.05) is 24.2 Å². The Labute approximate surface area is 120 Å². The molecule has 0 spiro atoms. The molecule has 1 aromatic carbocycles. The van der Waals surface area contributed by atoms with Crippen molar-refractivity contribution in [3.63, 3.8) is 0 Å². The summed E-state index contributed by atoms with van der Waals surface area (Å²) in [6.45, 7) is 0.807. The highest BCUT2D eigenvalue weighted by molar-refractivity contribution is 5.56. The summed E-state index contributed by atoms with van der Waals surface area (Å²) in [4.78, 5) is 0. The molecule has 0 radical (unpaired) electrons. The first-order valence-electron chi connectivity index (χ1n) is 7.66. The normalized spacial score (nSPS) is 17.0. The first-order valence-corrected chi connectivity index (χ1v) is 7.66. The van der Waals surface area contributed by atoms with E-state index in [1.807, 2.05) is 36.4 Å². The van der Waals surface area contributed by atoms with Crippen LogP contribution in [-0.4, -0.2) is 11.2 Å². The Balaban J connectivity index is 1.57. The van der Waals surface area contributed by atoms with Crippen molar-refractivity contribution in [2.45, 2.75) is 51.1 Å². The molecular weight excluding hydrogens is 248 g/mol. The van der Waals surface area contributed by atoms with E-state index in [1.165, 1.54) is 38.5 Å². The van der Waals surface area contributed by atoms with Crippen LogP contribution in [0.25, 0.3) is 11.3 Å². The number of nitrogens with one attached hydrogen (secondary N) is 1. The molecule has 2 aromatic rings. The zero-order valence-electron chi connectivity index (χ0n) is 11.8. The maximum atomic E-state index is 5.43. The van der Waals surface area contributed by atoms with Crippen molar-refractivity contribution < 1.29 is 4.52 Å². The summed E-state index contributed by atoms with van der Waals surface area (Å²) in [5.74, 6) is 0.850. The fourth-order valence-corrected chi connectivity index (χ4v) is 2.87. The predicted octanol–water partition coefficient (Wildman–Crippen LogP) is 4.15. The highest BCUT2D eigenvalue weighted by Crippen LogP contribution is 2.21. The van der Waals surface area contributed by atoms with Crippen molar-refractivity contribution in [1.82, 2.24) is 10.5 Å². The van der Waals surface area contributed by atoms with Gasteiger partial charge in [-0.2, -0.15) is 0 Å². The van der Waals surface area contributed by atoms with Crippen molar-refractivity contribution in [2.24, 2.45) is 0 Å². The number of rotatable bonds is 4. The molecule has 1 N–H and O–H groups in total. The molecular formula is C17H22N2O. The maximum Gasteiger partial charge on any atom is 0.167 e. The van der Waals surface area contributed by atoms with Crippen LogP contribution < -0.4 is 5.32 Å². The van der Waals surface area contributed by atoms with Crippen LogP contribution in [0.5, 0.6) is 0 Å². The molecule has 3 rings (SSSR count). The summed E-state index contributed by atoms with van der Waals surface area (Å²) >= 11 is 0. The number of benzene rings is 1. The molecule has 1 saturated carbocycles. The number of hydrogen-bond acceptors (Lipinski definition) is 3. The van der Waals surface area contributed by atoms with Crippen LogP contribution >= 0.6 is 0 Å².